The summed E-state index contributed by atoms with van der Waals surface area (Å²) in [4.78, 5) is 19.5. The third kappa shape index (κ3) is 5.47. The maximum Gasteiger partial charge on any atom is 0.309 e. The first-order chi connectivity index (χ1) is 12.3. The second-order valence-corrected chi connectivity index (χ2v) is 7.68. The van der Waals surface area contributed by atoms with Crippen LogP contribution in [0.1, 0.15) is 0 Å². The van der Waals surface area contributed by atoms with Crippen molar-refractivity contribution in [2.24, 2.45) is 0 Å². The Morgan fingerprint density at radius 1 is 0.556 bits per heavy atom. The van der Waals surface area contributed by atoms with Crippen LogP contribution in [0.5, 0.6) is 0 Å². The fraction of sp³-hybridized carbons (Fsp3) is 0. The maximum absolute atomic E-state index is 10.5. The molecule has 6 nitrogen and oxygen atoms in total. The molecule has 0 fully saturated rings. The van der Waals surface area contributed by atoms with Crippen LogP contribution in [0.25, 0.3) is 0 Å². The minimum atomic E-state index is -0.779. The van der Waals surface area contributed by atoms with Crippen molar-refractivity contribution < 1.29 is 9.85 Å². The highest BCUT2D eigenvalue weighted by atomic mass is 35.5. The summed E-state index contributed by atoms with van der Waals surface area (Å²) in [6, 6.07) is 1.05. The van der Waals surface area contributed by atoms with Crippen molar-refractivity contribution in [1.82, 2.24) is 0 Å². The lowest BCUT2D eigenvalue weighted by atomic mass is 10.3. The molecule has 2 aromatic carbocycles. The molecule has 0 aromatic heterocycles. The normalized spacial score (nSPS) is 10.3. The number of rotatable bonds is 2. The number of hydrogen-bond donors (Lipinski definition) is 0. The molecule has 0 aliphatic heterocycles. The number of nitrogens with zero attached hydrogens (tertiary/aromatic N) is 2. The van der Waals surface area contributed by atoms with Crippen LogP contribution in [0.15, 0.2) is 6.07 Å². The fourth-order valence-electron chi connectivity index (χ4n) is 1.45. The highest BCUT2D eigenvalue weighted by molar-refractivity contribution is 6.56. The molecule has 0 aliphatic carbocycles. The molecule has 0 amide bonds. The highest BCUT2D eigenvalue weighted by Crippen LogP contribution is 2.47. The summed E-state index contributed by atoms with van der Waals surface area (Å²) < 4.78 is 0. The van der Waals surface area contributed by atoms with Gasteiger partial charge in [-0.1, -0.05) is 104 Å². The van der Waals surface area contributed by atoms with Crippen molar-refractivity contribution in [3.05, 3.63) is 71.5 Å². The first kappa shape index (κ1) is 24.9. The van der Waals surface area contributed by atoms with E-state index in [-0.39, 0.29) is 50.9 Å². The van der Waals surface area contributed by atoms with E-state index in [1.54, 1.807) is 0 Å². The van der Waals surface area contributed by atoms with Crippen molar-refractivity contribution in [1.29, 1.82) is 0 Å². The summed E-state index contributed by atoms with van der Waals surface area (Å²) >= 11 is 50.2. The Bertz CT molecular complexity index is 922. The summed E-state index contributed by atoms with van der Waals surface area (Å²) in [5.74, 6) is 0. The predicted octanol–water partition coefficient (Wildman–Crippen LogP) is 9.07. The average Bonchev–Trinajstić information content (AvgIpc) is 2.59. The summed E-state index contributed by atoms with van der Waals surface area (Å²) in [6.45, 7) is 0. The average molecular weight is 556 g/mol. The standard InChI is InChI=1S/C6Cl5NO2.C6HCl4NO2/c7-1-2(8)4(10)6(12(13)14)5(11)3(1)9;7-2-1-3(11(12)13)5(9)6(10)4(2)8/h;1H. The van der Waals surface area contributed by atoms with Crippen molar-refractivity contribution in [2.45, 2.75) is 0 Å². The molecule has 0 unspecified atom stereocenters. The zero-order valence-corrected chi connectivity index (χ0v) is 18.8. The second-order valence-electron chi connectivity index (χ2n) is 4.25. The predicted molar refractivity (Wildman–Crippen MR) is 111 cm³/mol. The molecule has 0 N–H and O–H groups in total. The van der Waals surface area contributed by atoms with Gasteiger partial charge in [-0.2, -0.15) is 0 Å². The summed E-state index contributed by atoms with van der Waals surface area (Å²) in [5.41, 5.74) is -0.909. The van der Waals surface area contributed by atoms with E-state index in [0.29, 0.717) is 0 Å². The van der Waals surface area contributed by atoms with Crippen LogP contribution in [0.2, 0.25) is 45.2 Å². The number of nitro benzene ring substituents is 2. The molecule has 27 heavy (non-hydrogen) atoms. The van der Waals surface area contributed by atoms with Gasteiger partial charge in [-0.3, -0.25) is 20.2 Å². The monoisotopic (exact) mass is 552 g/mol. The number of benzene rings is 2. The van der Waals surface area contributed by atoms with Gasteiger partial charge in [-0.05, 0) is 0 Å². The van der Waals surface area contributed by atoms with Gasteiger partial charge in [0.1, 0.15) is 15.1 Å². The van der Waals surface area contributed by atoms with E-state index in [0.717, 1.165) is 6.07 Å². The lowest BCUT2D eigenvalue weighted by Gasteiger charge is -2.05. The van der Waals surface area contributed by atoms with Gasteiger partial charge in [0.25, 0.3) is 5.69 Å². The van der Waals surface area contributed by atoms with Crippen LogP contribution in [0.3, 0.4) is 0 Å². The quantitative estimate of drug-likeness (QED) is 0.160. The minimum Gasteiger partial charge on any atom is -0.258 e. The zero-order chi connectivity index (χ0) is 21.2. The molecule has 2 aromatic rings. The zero-order valence-electron chi connectivity index (χ0n) is 12.0. The second kappa shape index (κ2) is 10.1. The molecule has 0 radical (unpaired) electrons. The molecule has 0 heterocycles. The van der Waals surface area contributed by atoms with Gasteiger partial charge in [-0.25, -0.2) is 0 Å². The molecular weight excluding hydrogens is 555 g/mol. The van der Waals surface area contributed by atoms with Crippen LogP contribution in [0, 0.1) is 20.2 Å². The number of nitro groups is 2. The Morgan fingerprint density at radius 3 is 1.30 bits per heavy atom. The molecule has 0 aliphatic rings. The van der Waals surface area contributed by atoms with Crippen LogP contribution in [-0.2, 0) is 0 Å². The van der Waals surface area contributed by atoms with E-state index in [2.05, 4.69) is 0 Å². The Hall–Kier alpha value is -0.150. The summed E-state index contributed by atoms with van der Waals surface area (Å²) in [6.07, 6.45) is 0. The first-order valence-corrected chi connectivity index (χ1v) is 9.36. The van der Waals surface area contributed by atoms with E-state index in [1.165, 1.54) is 0 Å². The third-order valence-electron chi connectivity index (χ3n) is 2.65. The molecule has 0 saturated heterocycles. The molecule has 0 spiro atoms. The Balaban J connectivity index is 0.000000271. The molecule has 15 heteroatoms. The van der Waals surface area contributed by atoms with Gasteiger partial charge < -0.3 is 0 Å². The van der Waals surface area contributed by atoms with Gasteiger partial charge in [0.15, 0.2) is 0 Å². The third-order valence-corrected chi connectivity index (χ3v) is 6.65. The van der Waals surface area contributed by atoms with E-state index >= 15 is 0 Å². The van der Waals surface area contributed by atoms with Crippen LogP contribution < -0.4 is 0 Å². The van der Waals surface area contributed by atoms with E-state index in [9.17, 15) is 20.2 Å². The van der Waals surface area contributed by atoms with Crippen molar-refractivity contribution in [3.63, 3.8) is 0 Å². The largest absolute Gasteiger partial charge is 0.309 e. The van der Waals surface area contributed by atoms with Gasteiger partial charge in [0.2, 0.25) is 0 Å². The lowest BCUT2D eigenvalue weighted by Crippen LogP contribution is -1.92. The number of hydrogen-bond acceptors (Lipinski definition) is 4. The number of halogens is 9. The maximum atomic E-state index is 10.5. The van der Waals surface area contributed by atoms with Crippen molar-refractivity contribution in [3.8, 4) is 0 Å². The first-order valence-electron chi connectivity index (χ1n) is 5.96. The molecule has 0 bridgehead atoms. The SMILES string of the molecule is O=[N+]([O-])c1c(Cl)c(Cl)c(Cl)c(Cl)c1Cl.O=[N+]([O-])c1cc(Cl)c(Cl)c(Cl)c1Cl. The minimum absolute atomic E-state index is 0.00256. The molecule has 0 saturated carbocycles. The van der Waals surface area contributed by atoms with E-state index < -0.39 is 15.5 Å². The van der Waals surface area contributed by atoms with Gasteiger partial charge >= 0.3 is 5.69 Å². The topological polar surface area (TPSA) is 86.3 Å². The van der Waals surface area contributed by atoms with Crippen LogP contribution in [-0.4, -0.2) is 9.85 Å². The molecule has 0 atom stereocenters. The van der Waals surface area contributed by atoms with E-state index in [4.69, 9.17) is 104 Å². The van der Waals surface area contributed by atoms with Crippen LogP contribution in [0.4, 0.5) is 11.4 Å². The molecular formula is C12HCl9N2O4. The highest BCUT2D eigenvalue weighted by Gasteiger charge is 2.27. The van der Waals surface area contributed by atoms with Crippen molar-refractivity contribution in [2.75, 3.05) is 0 Å². The Labute approximate surface area is 196 Å². The lowest BCUT2D eigenvalue weighted by molar-refractivity contribution is -0.384. The van der Waals surface area contributed by atoms with E-state index in [1.807, 2.05) is 0 Å². The summed E-state index contributed by atoms with van der Waals surface area (Å²) in [5, 5.41) is 19.5. The Morgan fingerprint density at radius 2 is 0.926 bits per heavy atom. The fourth-order valence-corrected chi connectivity index (χ4v) is 3.57. The van der Waals surface area contributed by atoms with Gasteiger partial charge in [0, 0.05) is 6.07 Å². The van der Waals surface area contributed by atoms with Crippen molar-refractivity contribution >= 4 is 116 Å². The van der Waals surface area contributed by atoms with Crippen LogP contribution >= 0.6 is 104 Å². The van der Waals surface area contributed by atoms with Gasteiger partial charge in [-0.15, -0.1) is 0 Å². The molecule has 146 valence electrons. The summed E-state index contributed by atoms with van der Waals surface area (Å²) in [7, 11) is 0. The molecule has 2 rings (SSSR count). The smallest absolute Gasteiger partial charge is 0.258 e. The van der Waals surface area contributed by atoms with Gasteiger partial charge in [0.05, 0.1) is 40.0 Å². The Kier molecular flexibility index (Phi) is 9.27.